The largest absolute Gasteiger partial charge is 0.249 e. The molecule has 0 aliphatic rings. The van der Waals surface area contributed by atoms with Gasteiger partial charge in [-0.25, -0.2) is 17.2 Å². The van der Waals surface area contributed by atoms with Crippen LogP contribution in [0.4, 0.5) is 8.78 Å². The van der Waals surface area contributed by atoms with Gasteiger partial charge in [-0.1, -0.05) is 25.1 Å². The molecule has 0 aliphatic carbocycles. The Morgan fingerprint density at radius 1 is 1.33 bits per heavy atom. The molecule has 100 valence electrons. The summed E-state index contributed by atoms with van der Waals surface area (Å²) in [7, 11) is -4.19. The van der Waals surface area contributed by atoms with E-state index in [0.717, 1.165) is 22.5 Å². The summed E-state index contributed by atoms with van der Waals surface area (Å²) in [5.74, 6) is -2.18. The first-order chi connectivity index (χ1) is 8.30. The van der Waals surface area contributed by atoms with Crippen molar-refractivity contribution in [3.8, 4) is 0 Å². The van der Waals surface area contributed by atoms with E-state index in [2.05, 4.69) is 6.58 Å². The molecule has 0 saturated heterocycles. The van der Waals surface area contributed by atoms with E-state index in [0.29, 0.717) is 5.57 Å². The standard InChI is InChI=1S/C12H15F2NO2S/c1-4-15(8-9(2)3)18(16,17)12-10(13)6-5-7-11(12)14/h5-7H,2,4,8H2,1,3H3. The molecule has 6 heteroatoms. The molecule has 0 aliphatic heterocycles. The van der Waals surface area contributed by atoms with Crippen LogP contribution in [0, 0.1) is 11.6 Å². The topological polar surface area (TPSA) is 37.4 Å². The van der Waals surface area contributed by atoms with E-state index in [1.54, 1.807) is 13.8 Å². The first-order valence-electron chi connectivity index (χ1n) is 5.39. The van der Waals surface area contributed by atoms with E-state index in [1.165, 1.54) is 0 Å². The third kappa shape index (κ3) is 2.94. The highest BCUT2D eigenvalue weighted by Gasteiger charge is 2.29. The van der Waals surface area contributed by atoms with Crippen LogP contribution in [-0.2, 0) is 10.0 Å². The Hall–Kier alpha value is -1.27. The third-order valence-electron chi connectivity index (χ3n) is 2.32. The first-order valence-corrected chi connectivity index (χ1v) is 6.83. The van der Waals surface area contributed by atoms with Gasteiger partial charge in [-0.2, -0.15) is 4.31 Å². The molecule has 0 aromatic heterocycles. The quantitative estimate of drug-likeness (QED) is 0.774. The van der Waals surface area contributed by atoms with Crippen LogP contribution < -0.4 is 0 Å². The predicted octanol–water partition coefficient (Wildman–Crippen LogP) is 2.55. The Balaban J connectivity index is 3.32. The second kappa shape index (κ2) is 5.58. The van der Waals surface area contributed by atoms with Gasteiger partial charge in [0.05, 0.1) is 0 Å². The molecule has 18 heavy (non-hydrogen) atoms. The van der Waals surface area contributed by atoms with Gasteiger partial charge in [0.2, 0.25) is 10.0 Å². The molecule has 0 radical (unpaired) electrons. The van der Waals surface area contributed by atoms with Gasteiger partial charge in [0.25, 0.3) is 0 Å². The lowest BCUT2D eigenvalue weighted by Crippen LogP contribution is -2.33. The third-order valence-corrected chi connectivity index (χ3v) is 4.29. The Labute approximate surface area is 106 Å². The fourth-order valence-corrected chi connectivity index (χ4v) is 3.14. The van der Waals surface area contributed by atoms with Crippen LogP contribution in [0.5, 0.6) is 0 Å². The van der Waals surface area contributed by atoms with Crippen molar-refractivity contribution in [1.82, 2.24) is 4.31 Å². The Morgan fingerprint density at radius 2 is 1.83 bits per heavy atom. The van der Waals surface area contributed by atoms with E-state index >= 15 is 0 Å². The highest BCUT2D eigenvalue weighted by molar-refractivity contribution is 7.89. The number of halogens is 2. The van der Waals surface area contributed by atoms with Gasteiger partial charge in [-0.05, 0) is 19.1 Å². The maximum Gasteiger partial charge on any atom is 0.249 e. The van der Waals surface area contributed by atoms with Crippen LogP contribution in [0.15, 0.2) is 35.2 Å². The van der Waals surface area contributed by atoms with E-state index < -0.39 is 26.6 Å². The molecule has 3 nitrogen and oxygen atoms in total. The molecule has 1 aromatic rings. The number of hydrogen-bond acceptors (Lipinski definition) is 2. The highest BCUT2D eigenvalue weighted by Crippen LogP contribution is 2.22. The number of likely N-dealkylation sites (N-methyl/N-ethyl adjacent to an activating group) is 1. The number of hydrogen-bond donors (Lipinski definition) is 0. The highest BCUT2D eigenvalue weighted by atomic mass is 32.2. The Morgan fingerprint density at radius 3 is 2.22 bits per heavy atom. The van der Waals surface area contributed by atoms with Gasteiger partial charge >= 0.3 is 0 Å². The van der Waals surface area contributed by atoms with E-state index in [1.807, 2.05) is 0 Å². The second-order valence-electron chi connectivity index (χ2n) is 3.94. The molecule has 0 saturated carbocycles. The average Bonchev–Trinajstić information content (AvgIpc) is 2.24. The van der Waals surface area contributed by atoms with Crippen molar-refractivity contribution in [2.45, 2.75) is 18.7 Å². The smallest absolute Gasteiger partial charge is 0.207 e. The second-order valence-corrected chi connectivity index (χ2v) is 5.81. The van der Waals surface area contributed by atoms with E-state index in [9.17, 15) is 17.2 Å². The maximum atomic E-state index is 13.5. The molecular formula is C12H15F2NO2S. The van der Waals surface area contributed by atoms with Crippen molar-refractivity contribution in [3.05, 3.63) is 42.0 Å². The molecule has 0 amide bonds. The molecular weight excluding hydrogens is 260 g/mol. The Bertz CT molecular complexity index is 535. The van der Waals surface area contributed by atoms with Crippen molar-refractivity contribution in [3.63, 3.8) is 0 Å². The minimum absolute atomic E-state index is 0.0343. The lowest BCUT2D eigenvalue weighted by atomic mass is 10.3. The lowest BCUT2D eigenvalue weighted by Gasteiger charge is -2.21. The number of sulfonamides is 1. The molecule has 0 heterocycles. The number of nitrogens with zero attached hydrogens (tertiary/aromatic N) is 1. The zero-order valence-corrected chi connectivity index (χ0v) is 11.1. The molecule has 0 N–H and O–H groups in total. The summed E-state index contributed by atoms with van der Waals surface area (Å²) in [5, 5.41) is 0. The molecule has 1 rings (SSSR count). The summed E-state index contributed by atoms with van der Waals surface area (Å²) in [6.07, 6.45) is 0. The SMILES string of the molecule is C=C(C)CN(CC)S(=O)(=O)c1c(F)cccc1F. The van der Waals surface area contributed by atoms with Crippen molar-refractivity contribution in [2.24, 2.45) is 0 Å². The molecule has 0 atom stereocenters. The van der Waals surface area contributed by atoms with Crippen LogP contribution in [0.3, 0.4) is 0 Å². The summed E-state index contributed by atoms with van der Waals surface area (Å²) >= 11 is 0. The van der Waals surface area contributed by atoms with Crippen LogP contribution in [-0.4, -0.2) is 25.8 Å². The average molecular weight is 275 g/mol. The van der Waals surface area contributed by atoms with Gasteiger partial charge < -0.3 is 0 Å². The summed E-state index contributed by atoms with van der Waals surface area (Å²) < 4.78 is 52.3. The van der Waals surface area contributed by atoms with Crippen molar-refractivity contribution >= 4 is 10.0 Å². The zero-order chi connectivity index (χ0) is 13.9. The molecule has 0 fully saturated rings. The van der Waals surface area contributed by atoms with Gasteiger partial charge in [-0.3, -0.25) is 0 Å². The van der Waals surface area contributed by atoms with E-state index in [-0.39, 0.29) is 13.1 Å². The molecule has 0 bridgehead atoms. The van der Waals surface area contributed by atoms with Crippen molar-refractivity contribution < 1.29 is 17.2 Å². The van der Waals surface area contributed by atoms with Crippen LogP contribution >= 0.6 is 0 Å². The fraction of sp³-hybridized carbons (Fsp3) is 0.333. The number of rotatable bonds is 5. The van der Waals surface area contributed by atoms with Gasteiger partial charge in [0, 0.05) is 13.1 Å². The van der Waals surface area contributed by atoms with Crippen LogP contribution in [0.1, 0.15) is 13.8 Å². The van der Waals surface area contributed by atoms with Gasteiger partial charge in [-0.15, -0.1) is 0 Å². The van der Waals surface area contributed by atoms with Gasteiger partial charge in [0.1, 0.15) is 11.6 Å². The predicted molar refractivity (Wildman–Crippen MR) is 65.6 cm³/mol. The maximum absolute atomic E-state index is 13.5. The minimum atomic E-state index is -4.19. The fourth-order valence-electron chi connectivity index (χ4n) is 1.53. The first kappa shape index (κ1) is 14.8. The summed E-state index contributed by atoms with van der Waals surface area (Å²) in [6, 6.07) is 2.97. The summed E-state index contributed by atoms with van der Waals surface area (Å²) in [4.78, 5) is -0.909. The summed E-state index contributed by atoms with van der Waals surface area (Å²) in [5.41, 5.74) is 0.595. The normalized spacial score (nSPS) is 11.8. The molecule has 1 aromatic carbocycles. The van der Waals surface area contributed by atoms with Crippen molar-refractivity contribution in [1.29, 1.82) is 0 Å². The minimum Gasteiger partial charge on any atom is -0.207 e. The monoisotopic (exact) mass is 275 g/mol. The number of benzene rings is 1. The molecule has 0 unspecified atom stereocenters. The van der Waals surface area contributed by atoms with Crippen molar-refractivity contribution in [2.75, 3.05) is 13.1 Å². The van der Waals surface area contributed by atoms with Gasteiger partial charge in [0.15, 0.2) is 4.90 Å². The summed E-state index contributed by atoms with van der Waals surface area (Å²) in [6.45, 7) is 6.99. The lowest BCUT2D eigenvalue weighted by molar-refractivity contribution is 0.437. The zero-order valence-electron chi connectivity index (χ0n) is 10.3. The molecule has 0 spiro atoms. The van der Waals surface area contributed by atoms with Crippen LogP contribution in [0.25, 0.3) is 0 Å². The Kier molecular flexibility index (Phi) is 4.59. The van der Waals surface area contributed by atoms with Crippen LogP contribution in [0.2, 0.25) is 0 Å². The van der Waals surface area contributed by atoms with E-state index in [4.69, 9.17) is 0 Å².